The number of rotatable bonds is 4. The SMILES string of the molecule is C#CCN(C(=O)COCC)C(C)(C)C. The van der Waals surface area contributed by atoms with Crippen molar-refractivity contribution in [2.24, 2.45) is 0 Å². The third-order valence-electron chi connectivity index (χ3n) is 1.79. The van der Waals surface area contributed by atoms with Crippen molar-refractivity contribution in [2.75, 3.05) is 19.8 Å². The summed E-state index contributed by atoms with van der Waals surface area (Å²) in [6.45, 7) is 8.69. The van der Waals surface area contributed by atoms with Crippen molar-refractivity contribution in [2.45, 2.75) is 33.2 Å². The first-order valence-electron chi connectivity index (χ1n) is 4.75. The van der Waals surface area contributed by atoms with Gasteiger partial charge in [-0.3, -0.25) is 4.79 Å². The summed E-state index contributed by atoms with van der Waals surface area (Å²) >= 11 is 0. The van der Waals surface area contributed by atoms with Crippen LogP contribution in [0.4, 0.5) is 0 Å². The van der Waals surface area contributed by atoms with E-state index >= 15 is 0 Å². The van der Waals surface area contributed by atoms with Crippen molar-refractivity contribution in [3.8, 4) is 12.3 Å². The molecule has 0 aromatic heterocycles. The lowest BCUT2D eigenvalue weighted by atomic mass is 10.1. The fourth-order valence-corrected chi connectivity index (χ4v) is 1.06. The van der Waals surface area contributed by atoms with Gasteiger partial charge < -0.3 is 9.64 Å². The summed E-state index contributed by atoms with van der Waals surface area (Å²) < 4.78 is 5.06. The second-order valence-corrected chi connectivity index (χ2v) is 3.99. The van der Waals surface area contributed by atoms with Gasteiger partial charge in [0.15, 0.2) is 0 Å². The summed E-state index contributed by atoms with van der Waals surface area (Å²) in [4.78, 5) is 13.3. The van der Waals surface area contributed by atoms with Crippen LogP contribution < -0.4 is 0 Å². The van der Waals surface area contributed by atoms with E-state index in [0.717, 1.165) is 0 Å². The van der Waals surface area contributed by atoms with Gasteiger partial charge in [-0.15, -0.1) is 6.42 Å². The summed E-state index contributed by atoms with van der Waals surface area (Å²) in [5.74, 6) is 2.42. The largest absolute Gasteiger partial charge is 0.372 e. The lowest BCUT2D eigenvalue weighted by molar-refractivity contribution is -0.139. The average molecular weight is 197 g/mol. The predicted octanol–water partition coefficient (Wildman–Crippen LogP) is 1.28. The molecule has 0 aromatic carbocycles. The minimum Gasteiger partial charge on any atom is -0.372 e. The fraction of sp³-hybridized carbons (Fsp3) is 0.727. The van der Waals surface area contributed by atoms with Gasteiger partial charge in [-0.05, 0) is 27.7 Å². The fourth-order valence-electron chi connectivity index (χ4n) is 1.06. The third-order valence-corrected chi connectivity index (χ3v) is 1.79. The zero-order valence-corrected chi connectivity index (χ0v) is 9.46. The normalized spacial score (nSPS) is 10.8. The number of nitrogens with zero attached hydrogens (tertiary/aromatic N) is 1. The quantitative estimate of drug-likeness (QED) is 0.635. The first-order chi connectivity index (χ1) is 6.43. The second kappa shape index (κ2) is 5.66. The van der Waals surface area contributed by atoms with Gasteiger partial charge in [-0.2, -0.15) is 0 Å². The molecule has 3 nitrogen and oxygen atoms in total. The van der Waals surface area contributed by atoms with Crippen LogP contribution >= 0.6 is 0 Å². The maximum atomic E-state index is 11.6. The summed E-state index contributed by atoms with van der Waals surface area (Å²) in [6.07, 6.45) is 5.21. The Morgan fingerprint density at radius 3 is 2.43 bits per heavy atom. The molecule has 0 rings (SSSR count). The van der Waals surface area contributed by atoms with E-state index in [9.17, 15) is 4.79 Å². The van der Waals surface area contributed by atoms with Crippen molar-refractivity contribution >= 4 is 5.91 Å². The maximum Gasteiger partial charge on any atom is 0.249 e. The van der Waals surface area contributed by atoms with Crippen molar-refractivity contribution in [3.05, 3.63) is 0 Å². The minimum absolute atomic E-state index is 0.0581. The summed E-state index contributed by atoms with van der Waals surface area (Å²) in [7, 11) is 0. The molecular weight excluding hydrogens is 178 g/mol. The van der Waals surface area contributed by atoms with E-state index in [2.05, 4.69) is 5.92 Å². The van der Waals surface area contributed by atoms with Crippen LogP contribution in [-0.4, -0.2) is 36.1 Å². The number of hydrogen-bond donors (Lipinski definition) is 0. The van der Waals surface area contributed by atoms with Crippen LogP contribution in [0.2, 0.25) is 0 Å². The molecule has 80 valence electrons. The zero-order chi connectivity index (χ0) is 11.2. The van der Waals surface area contributed by atoms with Crippen LogP contribution in [0.5, 0.6) is 0 Å². The number of amides is 1. The summed E-state index contributed by atoms with van der Waals surface area (Å²) in [5.41, 5.74) is -0.249. The van der Waals surface area contributed by atoms with E-state index in [1.54, 1.807) is 4.90 Å². The predicted molar refractivity (Wildman–Crippen MR) is 56.8 cm³/mol. The molecule has 0 bridgehead atoms. The molecule has 0 unspecified atom stereocenters. The Morgan fingerprint density at radius 2 is 2.07 bits per heavy atom. The smallest absolute Gasteiger partial charge is 0.249 e. The highest BCUT2D eigenvalue weighted by molar-refractivity contribution is 5.78. The molecule has 1 amide bonds. The van der Waals surface area contributed by atoms with E-state index in [4.69, 9.17) is 11.2 Å². The van der Waals surface area contributed by atoms with Crippen LogP contribution in [0.3, 0.4) is 0 Å². The Morgan fingerprint density at radius 1 is 1.50 bits per heavy atom. The van der Waals surface area contributed by atoms with Gasteiger partial charge in [0.25, 0.3) is 0 Å². The highest BCUT2D eigenvalue weighted by Gasteiger charge is 2.25. The topological polar surface area (TPSA) is 29.5 Å². The van der Waals surface area contributed by atoms with Crippen LogP contribution in [0, 0.1) is 12.3 Å². The van der Waals surface area contributed by atoms with Crippen molar-refractivity contribution in [3.63, 3.8) is 0 Å². The van der Waals surface area contributed by atoms with E-state index in [0.29, 0.717) is 13.2 Å². The number of terminal acetylenes is 1. The molecule has 0 atom stereocenters. The summed E-state index contributed by atoms with van der Waals surface area (Å²) in [6, 6.07) is 0. The Kier molecular flexibility index (Phi) is 5.26. The maximum absolute atomic E-state index is 11.6. The molecule has 0 N–H and O–H groups in total. The van der Waals surface area contributed by atoms with Gasteiger partial charge in [-0.25, -0.2) is 0 Å². The van der Waals surface area contributed by atoms with E-state index in [1.165, 1.54) is 0 Å². The Balaban J connectivity index is 4.36. The zero-order valence-electron chi connectivity index (χ0n) is 9.46. The van der Waals surface area contributed by atoms with Gasteiger partial charge in [0.05, 0.1) is 6.54 Å². The van der Waals surface area contributed by atoms with Crippen molar-refractivity contribution < 1.29 is 9.53 Å². The number of ether oxygens (including phenoxy) is 1. The summed E-state index contributed by atoms with van der Waals surface area (Å²) in [5, 5.41) is 0. The molecule has 0 heterocycles. The molecule has 0 aromatic rings. The van der Waals surface area contributed by atoms with Crippen molar-refractivity contribution in [1.82, 2.24) is 4.90 Å². The van der Waals surface area contributed by atoms with Crippen LogP contribution in [0.1, 0.15) is 27.7 Å². The number of hydrogen-bond acceptors (Lipinski definition) is 2. The van der Waals surface area contributed by atoms with Crippen LogP contribution in [0.15, 0.2) is 0 Å². The second-order valence-electron chi connectivity index (χ2n) is 3.99. The van der Waals surface area contributed by atoms with Gasteiger partial charge >= 0.3 is 0 Å². The molecule has 0 aliphatic carbocycles. The van der Waals surface area contributed by atoms with Gasteiger partial charge in [0.2, 0.25) is 5.91 Å². The highest BCUT2D eigenvalue weighted by Crippen LogP contribution is 2.12. The number of carbonyl (C=O) groups is 1. The molecule has 0 aliphatic rings. The lowest BCUT2D eigenvalue weighted by Gasteiger charge is -2.34. The molecule has 0 saturated heterocycles. The molecule has 14 heavy (non-hydrogen) atoms. The molecule has 0 aliphatic heterocycles. The number of carbonyl (C=O) groups excluding carboxylic acids is 1. The van der Waals surface area contributed by atoms with Gasteiger partial charge in [-0.1, -0.05) is 5.92 Å². The molecule has 0 spiro atoms. The van der Waals surface area contributed by atoms with Crippen LogP contribution in [0.25, 0.3) is 0 Å². The standard InChI is InChI=1S/C11H19NO2/c1-6-8-12(11(3,4)5)10(13)9-14-7-2/h1H,7-9H2,2-5H3. The van der Waals surface area contributed by atoms with Crippen molar-refractivity contribution in [1.29, 1.82) is 0 Å². The van der Waals surface area contributed by atoms with E-state index in [1.807, 2.05) is 27.7 Å². The average Bonchev–Trinajstić information content (AvgIpc) is 2.08. The third kappa shape index (κ3) is 4.29. The van der Waals surface area contributed by atoms with E-state index < -0.39 is 0 Å². The van der Waals surface area contributed by atoms with Gasteiger partial charge in [0.1, 0.15) is 6.61 Å². The molecule has 0 saturated carbocycles. The molecule has 3 heteroatoms. The monoisotopic (exact) mass is 197 g/mol. The highest BCUT2D eigenvalue weighted by atomic mass is 16.5. The Labute approximate surface area is 86.4 Å². The molecule has 0 fully saturated rings. The molecule has 0 radical (unpaired) electrons. The Bertz CT molecular complexity index is 222. The molecular formula is C11H19NO2. The van der Waals surface area contributed by atoms with Gasteiger partial charge in [0, 0.05) is 12.1 Å². The minimum atomic E-state index is -0.249. The van der Waals surface area contributed by atoms with E-state index in [-0.39, 0.29) is 18.1 Å². The lowest BCUT2D eigenvalue weighted by Crippen LogP contribution is -2.47. The van der Waals surface area contributed by atoms with Crippen LogP contribution in [-0.2, 0) is 9.53 Å². The Hall–Kier alpha value is -1.01. The first kappa shape index (κ1) is 13.0. The first-order valence-corrected chi connectivity index (χ1v) is 4.75.